The fourth-order valence-electron chi connectivity index (χ4n) is 1.59. The second-order valence-corrected chi connectivity index (χ2v) is 5.30. The molecule has 1 N–H and O–H groups in total. The third-order valence-electron chi connectivity index (χ3n) is 2.62. The first-order valence-electron chi connectivity index (χ1n) is 5.56. The Hall–Kier alpha value is -1.57. The maximum Gasteiger partial charge on any atom is 0.185 e. The molecule has 1 heterocycles. The molecule has 3 nitrogen and oxygen atoms in total. The quantitative estimate of drug-likeness (QED) is 0.922. The van der Waals surface area contributed by atoms with Crippen LogP contribution in [0.15, 0.2) is 30.3 Å². The van der Waals surface area contributed by atoms with Crippen LogP contribution in [-0.4, -0.2) is 11.5 Å². The van der Waals surface area contributed by atoms with E-state index in [9.17, 15) is 0 Å². The van der Waals surface area contributed by atoms with Gasteiger partial charge in [-0.1, -0.05) is 60.2 Å². The topological polar surface area (TPSA) is 48.7 Å². The summed E-state index contributed by atoms with van der Waals surface area (Å²) in [6.07, 6.45) is 0. The van der Waals surface area contributed by atoms with Gasteiger partial charge in [-0.3, -0.25) is 0 Å². The summed E-state index contributed by atoms with van der Waals surface area (Å²) in [6, 6.07) is 12.3. The Morgan fingerprint density at radius 2 is 2.17 bits per heavy atom. The van der Waals surface area contributed by atoms with Crippen molar-refractivity contribution in [1.29, 1.82) is 5.26 Å². The number of aromatic nitrogens is 1. The average molecular weight is 278 g/mol. The predicted octanol–water partition coefficient (Wildman–Crippen LogP) is 3.88. The molecule has 2 rings (SSSR count). The lowest BCUT2D eigenvalue weighted by atomic mass is 10.0. The van der Waals surface area contributed by atoms with Gasteiger partial charge in [-0.2, -0.15) is 5.26 Å². The summed E-state index contributed by atoms with van der Waals surface area (Å²) in [6.45, 7) is 2.90. The lowest BCUT2D eigenvalue weighted by molar-refractivity contribution is 0.804. The molecule has 1 aromatic carbocycles. The number of nitrogens with zero attached hydrogens (tertiary/aromatic N) is 2. The van der Waals surface area contributed by atoms with Crippen LogP contribution in [0.3, 0.4) is 0 Å². The smallest absolute Gasteiger partial charge is 0.185 e. The number of nitrogens with one attached hydrogen (secondary N) is 1. The van der Waals surface area contributed by atoms with Crippen molar-refractivity contribution in [2.24, 2.45) is 0 Å². The Kier molecular flexibility index (Phi) is 4.19. The fourth-order valence-corrected chi connectivity index (χ4v) is 2.54. The zero-order valence-electron chi connectivity index (χ0n) is 9.85. The highest BCUT2D eigenvalue weighted by Crippen LogP contribution is 2.26. The van der Waals surface area contributed by atoms with Crippen molar-refractivity contribution in [2.75, 3.05) is 11.9 Å². The number of halogens is 1. The number of hydrogen-bond donors (Lipinski definition) is 1. The highest BCUT2D eigenvalue weighted by Gasteiger charge is 2.10. The van der Waals surface area contributed by atoms with Gasteiger partial charge in [-0.25, -0.2) is 4.98 Å². The van der Waals surface area contributed by atoms with Gasteiger partial charge in [0.05, 0.1) is 0 Å². The fraction of sp³-hybridized carbons (Fsp3) is 0.231. The van der Waals surface area contributed by atoms with Gasteiger partial charge in [0.15, 0.2) is 10.3 Å². The van der Waals surface area contributed by atoms with E-state index >= 15 is 0 Å². The van der Waals surface area contributed by atoms with Crippen molar-refractivity contribution in [3.63, 3.8) is 0 Å². The van der Waals surface area contributed by atoms with Crippen molar-refractivity contribution >= 4 is 28.1 Å². The van der Waals surface area contributed by atoms with Crippen molar-refractivity contribution in [1.82, 2.24) is 4.98 Å². The van der Waals surface area contributed by atoms with Gasteiger partial charge < -0.3 is 5.32 Å². The van der Waals surface area contributed by atoms with E-state index in [-0.39, 0.29) is 5.15 Å². The van der Waals surface area contributed by atoms with Crippen LogP contribution in [0.2, 0.25) is 5.15 Å². The Bertz CT molecular complexity index is 559. The molecule has 18 heavy (non-hydrogen) atoms. The molecule has 0 saturated carbocycles. The van der Waals surface area contributed by atoms with Crippen LogP contribution in [0.25, 0.3) is 0 Å². The molecular weight excluding hydrogens is 266 g/mol. The van der Waals surface area contributed by atoms with E-state index in [2.05, 4.69) is 29.4 Å². The molecule has 0 amide bonds. The van der Waals surface area contributed by atoms with Gasteiger partial charge in [0, 0.05) is 6.54 Å². The molecule has 0 aliphatic carbocycles. The van der Waals surface area contributed by atoms with Crippen LogP contribution in [0.1, 0.15) is 23.3 Å². The number of thiazole rings is 1. The summed E-state index contributed by atoms with van der Waals surface area (Å²) >= 11 is 7.10. The van der Waals surface area contributed by atoms with E-state index in [1.54, 1.807) is 0 Å². The van der Waals surface area contributed by atoms with E-state index in [1.165, 1.54) is 16.9 Å². The molecule has 0 fully saturated rings. The Labute approximate surface area is 115 Å². The van der Waals surface area contributed by atoms with Crippen molar-refractivity contribution in [3.8, 4) is 6.07 Å². The van der Waals surface area contributed by atoms with Crippen molar-refractivity contribution in [2.45, 2.75) is 12.8 Å². The second kappa shape index (κ2) is 5.85. The highest BCUT2D eigenvalue weighted by molar-refractivity contribution is 7.16. The summed E-state index contributed by atoms with van der Waals surface area (Å²) in [5, 5.41) is 13.0. The zero-order chi connectivity index (χ0) is 13.0. The van der Waals surface area contributed by atoms with Gasteiger partial charge in [0.1, 0.15) is 10.9 Å². The van der Waals surface area contributed by atoms with Gasteiger partial charge in [0.25, 0.3) is 0 Å². The molecule has 0 radical (unpaired) electrons. The first kappa shape index (κ1) is 12.9. The summed E-state index contributed by atoms with van der Waals surface area (Å²) in [4.78, 5) is 4.55. The minimum atomic E-state index is 0.275. The van der Waals surface area contributed by atoms with E-state index in [4.69, 9.17) is 16.9 Å². The molecule has 1 unspecified atom stereocenters. The van der Waals surface area contributed by atoms with Crippen molar-refractivity contribution in [3.05, 3.63) is 45.9 Å². The molecule has 0 saturated heterocycles. The zero-order valence-corrected chi connectivity index (χ0v) is 11.4. The summed E-state index contributed by atoms with van der Waals surface area (Å²) < 4.78 is 0. The standard InChI is InChI=1S/C13H12ClN3S/c1-9(10-5-3-2-4-6-10)8-16-13-17-12(14)11(7-15)18-13/h2-6,9H,8H2,1H3,(H,16,17). The number of benzene rings is 1. The number of hydrogen-bond acceptors (Lipinski definition) is 4. The predicted molar refractivity (Wildman–Crippen MR) is 75.2 cm³/mol. The molecule has 0 bridgehead atoms. The van der Waals surface area contributed by atoms with Crippen LogP contribution < -0.4 is 5.32 Å². The van der Waals surface area contributed by atoms with E-state index in [1.807, 2.05) is 24.3 Å². The van der Waals surface area contributed by atoms with E-state index < -0.39 is 0 Å². The molecular formula is C13H12ClN3S. The summed E-state index contributed by atoms with van der Waals surface area (Å²) in [5.74, 6) is 0.374. The molecule has 0 aliphatic rings. The molecule has 0 aliphatic heterocycles. The minimum absolute atomic E-state index is 0.275. The van der Waals surface area contributed by atoms with Crippen LogP contribution in [0.5, 0.6) is 0 Å². The molecule has 0 spiro atoms. The monoisotopic (exact) mass is 277 g/mol. The minimum Gasteiger partial charge on any atom is -0.361 e. The van der Waals surface area contributed by atoms with E-state index in [0.29, 0.717) is 15.9 Å². The molecule has 2 aromatic rings. The van der Waals surface area contributed by atoms with Crippen LogP contribution in [-0.2, 0) is 0 Å². The van der Waals surface area contributed by atoms with Gasteiger partial charge in [0.2, 0.25) is 0 Å². The highest BCUT2D eigenvalue weighted by atomic mass is 35.5. The van der Waals surface area contributed by atoms with Crippen LogP contribution in [0.4, 0.5) is 5.13 Å². The first-order chi connectivity index (χ1) is 8.70. The lowest BCUT2D eigenvalue weighted by Crippen LogP contribution is -2.09. The molecule has 92 valence electrons. The summed E-state index contributed by atoms with van der Waals surface area (Å²) in [5.41, 5.74) is 1.27. The molecule has 5 heteroatoms. The first-order valence-corrected chi connectivity index (χ1v) is 6.75. The SMILES string of the molecule is CC(CNc1nc(Cl)c(C#N)s1)c1ccccc1. The Balaban J connectivity index is 1.97. The van der Waals surface area contributed by atoms with Gasteiger partial charge in [-0.15, -0.1) is 0 Å². The molecule has 1 atom stereocenters. The largest absolute Gasteiger partial charge is 0.361 e. The van der Waals surface area contributed by atoms with E-state index in [0.717, 1.165) is 6.54 Å². The average Bonchev–Trinajstić information content (AvgIpc) is 2.77. The normalized spacial score (nSPS) is 11.8. The number of rotatable bonds is 4. The maximum absolute atomic E-state index is 8.80. The second-order valence-electron chi connectivity index (χ2n) is 3.94. The van der Waals surface area contributed by atoms with Crippen LogP contribution >= 0.6 is 22.9 Å². The molecule has 1 aromatic heterocycles. The summed E-state index contributed by atoms with van der Waals surface area (Å²) in [7, 11) is 0. The number of nitriles is 1. The Morgan fingerprint density at radius 1 is 1.44 bits per heavy atom. The third-order valence-corrected chi connectivity index (χ3v) is 3.92. The van der Waals surface area contributed by atoms with Gasteiger partial charge >= 0.3 is 0 Å². The van der Waals surface area contributed by atoms with Gasteiger partial charge in [-0.05, 0) is 11.5 Å². The maximum atomic E-state index is 8.80. The van der Waals surface area contributed by atoms with Crippen molar-refractivity contribution < 1.29 is 0 Å². The number of anilines is 1. The third kappa shape index (κ3) is 3.00. The Morgan fingerprint density at radius 3 is 2.78 bits per heavy atom. The lowest BCUT2D eigenvalue weighted by Gasteiger charge is -2.11. The van der Waals surface area contributed by atoms with Crippen LogP contribution in [0, 0.1) is 11.3 Å².